The topological polar surface area (TPSA) is 28.2 Å². The smallest absolute Gasteiger partial charge is 0.0544 e. The molecular formula is C17H31N3. The van der Waals surface area contributed by atoms with Crippen molar-refractivity contribution in [3.05, 3.63) is 29.6 Å². The molecule has 1 atom stereocenters. The average molecular weight is 277 g/mol. The third-order valence-electron chi connectivity index (χ3n) is 3.62. The molecule has 0 radical (unpaired) electrons. The summed E-state index contributed by atoms with van der Waals surface area (Å²) in [5, 5.41) is 3.40. The molecule has 0 aliphatic heterocycles. The van der Waals surface area contributed by atoms with Gasteiger partial charge >= 0.3 is 0 Å². The van der Waals surface area contributed by atoms with E-state index in [9.17, 15) is 0 Å². The molecule has 0 aliphatic carbocycles. The lowest BCUT2D eigenvalue weighted by Crippen LogP contribution is -2.30. The molecule has 1 heterocycles. The van der Waals surface area contributed by atoms with Gasteiger partial charge in [-0.2, -0.15) is 0 Å². The number of aromatic nitrogens is 1. The number of nitrogens with one attached hydrogen (secondary N) is 1. The third kappa shape index (κ3) is 6.49. The second-order valence-electron chi connectivity index (χ2n) is 6.23. The lowest BCUT2D eigenvalue weighted by atomic mass is 10.0. The van der Waals surface area contributed by atoms with Gasteiger partial charge in [0.25, 0.3) is 0 Å². The van der Waals surface area contributed by atoms with Gasteiger partial charge in [0.2, 0.25) is 0 Å². The molecule has 1 N–H and O–H groups in total. The number of pyridine rings is 1. The highest BCUT2D eigenvalue weighted by Crippen LogP contribution is 2.12. The van der Waals surface area contributed by atoms with Crippen LogP contribution in [0.2, 0.25) is 0 Å². The highest BCUT2D eigenvalue weighted by atomic mass is 15.1. The maximum absolute atomic E-state index is 4.58. The SMILES string of the molecule is CCCNCc1ccc(CN(C)C(C)CC(C)C)nc1. The lowest BCUT2D eigenvalue weighted by Gasteiger charge is -2.25. The molecule has 114 valence electrons. The summed E-state index contributed by atoms with van der Waals surface area (Å²) in [6.07, 6.45) is 4.40. The Bertz CT molecular complexity index is 359. The van der Waals surface area contributed by atoms with E-state index < -0.39 is 0 Å². The monoisotopic (exact) mass is 277 g/mol. The zero-order valence-electron chi connectivity index (χ0n) is 13.8. The summed E-state index contributed by atoms with van der Waals surface area (Å²) >= 11 is 0. The largest absolute Gasteiger partial charge is 0.313 e. The Hall–Kier alpha value is -0.930. The van der Waals surface area contributed by atoms with Crippen LogP contribution in [0.1, 0.15) is 51.8 Å². The van der Waals surface area contributed by atoms with Gasteiger partial charge in [0, 0.05) is 25.3 Å². The minimum atomic E-state index is 0.600. The van der Waals surface area contributed by atoms with Crippen molar-refractivity contribution in [2.75, 3.05) is 13.6 Å². The van der Waals surface area contributed by atoms with E-state index in [1.165, 1.54) is 18.4 Å². The fourth-order valence-corrected chi connectivity index (χ4v) is 2.34. The Balaban J connectivity index is 2.44. The number of hydrogen-bond donors (Lipinski definition) is 1. The highest BCUT2D eigenvalue weighted by molar-refractivity contribution is 5.14. The molecule has 0 bridgehead atoms. The van der Waals surface area contributed by atoms with Crippen LogP contribution in [0.4, 0.5) is 0 Å². The van der Waals surface area contributed by atoms with Crippen molar-refractivity contribution in [1.82, 2.24) is 15.2 Å². The molecule has 0 spiro atoms. The van der Waals surface area contributed by atoms with Crippen LogP contribution in [-0.2, 0) is 13.1 Å². The van der Waals surface area contributed by atoms with Crippen molar-refractivity contribution in [3.63, 3.8) is 0 Å². The molecule has 0 saturated heterocycles. The molecule has 0 fully saturated rings. The third-order valence-corrected chi connectivity index (χ3v) is 3.62. The molecule has 3 heteroatoms. The van der Waals surface area contributed by atoms with Crippen LogP contribution >= 0.6 is 0 Å². The van der Waals surface area contributed by atoms with Crippen molar-refractivity contribution < 1.29 is 0 Å². The molecule has 3 nitrogen and oxygen atoms in total. The number of hydrogen-bond acceptors (Lipinski definition) is 3. The molecule has 0 aromatic carbocycles. The van der Waals surface area contributed by atoms with Crippen molar-refractivity contribution >= 4 is 0 Å². The van der Waals surface area contributed by atoms with Gasteiger partial charge in [-0.05, 0) is 50.9 Å². The van der Waals surface area contributed by atoms with E-state index in [0.717, 1.165) is 31.2 Å². The Morgan fingerprint density at radius 3 is 2.55 bits per heavy atom. The van der Waals surface area contributed by atoms with Crippen LogP contribution in [0.25, 0.3) is 0 Å². The fraction of sp³-hybridized carbons (Fsp3) is 0.706. The quantitative estimate of drug-likeness (QED) is 0.701. The van der Waals surface area contributed by atoms with Gasteiger partial charge in [0.15, 0.2) is 0 Å². The average Bonchev–Trinajstić information content (AvgIpc) is 2.40. The summed E-state index contributed by atoms with van der Waals surface area (Å²) in [4.78, 5) is 6.96. The standard InChI is InChI=1S/C17H31N3/c1-6-9-18-11-16-7-8-17(19-12-16)13-20(5)15(4)10-14(2)3/h7-8,12,14-15,18H,6,9-11,13H2,1-5H3. The lowest BCUT2D eigenvalue weighted by molar-refractivity contribution is 0.218. The van der Waals surface area contributed by atoms with Gasteiger partial charge in [-0.15, -0.1) is 0 Å². The summed E-state index contributed by atoms with van der Waals surface area (Å²) in [7, 11) is 2.19. The van der Waals surface area contributed by atoms with Crippen LogP contribution in [0.3, 0.4) is 0 Å². The van der Waals surface area contributed by atoms with E-state index in [4.69, 9.17) is 0 Å². The van der Waals surface area contributed by atoms with Gasteiger partial charge in [-0.3, -0.25) is 9.88 Å². The van der Waals surface area contributed by atoms with Crippen molar-refractivity contribution in [3.8, 4) is 0 Å². The summed E-state index contributed by atoms with van der Waals surface area (Å²) < 4.78 is 0. The second-order valence-corrected chi connectivity index (χ2v) is 6.23. The molecule has 0 amide bonds. The van der Waals surface area contributed by atoms with E-state index in [1.54, 1.807) is 0 Å². The maximum atomic E-state index is 4.58. The van der Waals surface area contributed by atoms with Crippen LogP contribution in [-0.4, -0.2) is 29.5 Å². The molecule has 1 unspecified atom stereocenters. The first-order valence-electron chi connectivity index (χ1n) is 7.87. The van der Waals surface area contributed by atoms with E-state index in [0.29, 0.717) is 6.04 Å². The van der Waals surface area contributed by atoms with E-state index in [-0.39, 0.29) is 0 Å². The first-order valence-corrected chi connectivity index (χ1v) is 7.87. The fourth-order valence-electron chi connectivity index (χ4n) is 2.34. The Kier molecular flexibility index (Phi) is 7.78. The van der Waals surface area contributed by atoms with Crippen molar-refractivity contribution in [2.24, 2.45) is 5.92 Å². The van der Waals surface area contributed by atoms with Gasteiger partial charge in [-0.1, -0.05) is 26.8 Å². The summed E-state index contributed by atoms with van der Waals surface area (Å²) in [5.41, 5.74) is 2.42. The van der Waals surface area contributed by atoms with Gasteiger partial charge in [-0.25, -0.2) is 0 Å². The Morgan fingerprint density at radius 1 is 1.25 bits per heavy atom. The van der Waals surface area contributed by atoms with Crippen LogP contribution in [0.15, 0.2) is 18.3 Å². The zero-order chi connectivity index (χ0) is 15.0. The predicted octanol–water partition coefficient (Wildman–Crippen LogP) is 3.45. The molecular weight excluding hydrogens is 246 g/mol. The van der Waals surface area contributed by atoms with Gasteiger partial charge in [0.05, 0.1) is 5.69 Å². The van der Waals surface area contributed by atoms with Gasteiger partial charge in [0.1, 0.15) is 0 Å². The highest BCUT2D eigenvalue weighted by Gasteiger charge is 2.11. The maximum Gasteiger partial charge on any atom is 0.0544 e. The Labute approximate surface area is 124 Å². The summed E-state index contributed by atoms with van der Waals surface area (Å²) in [5.74, 6) is 0.743. The van der Waals surface area contributed by atoms with Crippen LogP contribution < -0.4 is 5.32 Å². The summed E-state index contributed by atoms with van der Waals surface area (Å²) in [6, 6.07) is 4.94. The molecule has 1 rings (SSSR count). The minimum absolute atomic E-state index is 0.600. The molecule has 1 aromatic rings. The van der Waals surface area contributed by atoms with E-state index >= 15 is 0 Å². The van der Waals surface area contributed by atoms with Crippen LogP contribution in [0, 0.1) is 5.92 Å². The normalized spacial score (nSPS) is 13.2. The first kappa shape index (κ1) is 17.1. The predicted molar refractivity (Wildman–Crippen MR) is 86.6 cm³/mol. The Morgan fingerprint density at radius 2 is 2.00 bits per heavy atom. The molecule has 1 aromatic heterocycles. The molecule has 0 aliphatic rings. The van der Waals surface area contributed by atoms with Crippen LogP contribution in [0.5, 0.6) is 0 Å². The van der Waals surface area contributed by atoms with E-state index in [2.05, 4.69) is 62.1 Å². The molecule has 0 saturated carbocycles. The van der Waals surface area contributed by atoms with Gasteiger partial charge < -0.3 is 5.32 Å². The minimum Gasteiger partial charge on any atom is -0.313 e. The summed E-state index contributed by atoms with van der Waals surface area (Å²) in [6.45, 7) is 11.9. The zero-order valence-corrected chi connectivity index (χ0v) is 13.8. The number of rotatable bonds is 9. The number of nitrogens with zero attached hydrogens (tertiary/aromatic N) is 2. The second kappa shape index (κ2) is 9.09. The molecule has 20 heavy (non-hydrogen) atoms. The van der Waals surface area contributed by atoms with Crippen molar-refractivity contribution in [2.45, 2.75) is 59.7 Å². The first-order chi connectivity index (χ1) is 9.52. The van der Waals surface area contributed by atoms with E-state index in [1.807, 2.05) is 6.20 Å². The van der Waals surface area contributed by atoms with Crippen molar-refractivity contribution in [1.29, 1.82) is 0 Å².